The first-order valence-electron chi connectivity index (χ1n) is 10.2. The Kier molecular flexibility index (Phi) is 4.58. The minimum absolute atomic E-state index is 0.245. The molecule has 0 bridgehead atoms. The van der Waals surface area contributed by atoms with Crippen LogP contribution in [0.4, 0.5) is 0 Å². The number of H-pyrrole nitrogens is 1. The molecule has 0 radical (unpaired) electrons. The molecule has 0 aliphatic carbocycles. The molecule has 0 atom stereocenters. The Morgan fingerprint density at radius 3 is 2.55 bits per heavy atom. The highest BCUT2D eigenvalue weighted by Crippen LogP contribution is 2.33. The van der Waals surface area contributed by atoms with Gasteiger partial charge < -0.3 is 13.8 Å². The van der Waals surface area contributed by atoms with E-state index in [4.69, 9.17) is 8.83 Å². The SMILES string of the molecule is O=c1oc2ccccc2cc1-c1c(CSc2nc3ncccc3[nH]2)c(=O)oc2ccccc12. The molecule has 8 heteroatoms. The summed E-state index contributed by atoms with van der Waals surface area (Å²) in [6.07, 6.45) is 1.67. The van der Waals surface area contributed by atoms with Gasteiger partial charge in [0, 0.05) is 28.3 Å². The van der Waals surface area contributed by atoms with E-state index in [1.165, 1.54) is 11.8 Å². The molecule has 0 unspecified atom stereocenters. The number of pyridine rings is 1. The Morgan fingerprint density at radius 1 is 0.879 bits per heavy atom. The Bertz CT molecular complexity index is 1750. The van der Waals surface area contributed by atoms with Crippen LogP contribution in [0, 0.1) is 0 Å². The number of nitrogens with one attached hydrogen (secondary N) is 1. The van der Waals surface area contributed by atoms with Crippen LogP contribution in [-0.2, 0) is 5.75 Å². The van der Waals surface area contributed by atoms with Gasteiger partial charge in [-0.2, -0.15) is 0 Å². The highest BCUT2D eigenvalue weighted by Gasteiger charge is 2.20. The van der Waals surface area contributed by atoms with E-state index in [9.17, 15) is 9.59 Å². The summed E-state index contributed by atoms with van der Waals surface area (Å²) in [5, 5.41) is 2.06. The molecule has 6 aromatic rings. The zero-order chi connectivity index (χ0) is 22.4. The Balaban J connectivity index is 1.54. The van der Waals surface area contributed by atoms with Crippen LogP contribution in [0.1, 0.15) is 5.56 Å². The topological polar surface area (TPSA) is 102 Å². The highest BCUT2D eigenvalue weighted by molar-refractivity contribution is 7.98. The number of rotatable bonds is 4. The van der Waals surface area contributed by atoms with E-state index >= 15 is 0 Å². The Labute approximate surface area is 190 Å². The molecule has 0 saturated carbocycles. The number of fused-ring (bicyclic) bond motifs is 3. The van der Waals surface area contributed by atoms with E-state index in [2.05, 4.69) is 15.0 Å². The normalized spacial score (nSPS) is 11.5. The van der Waals surface area contributed by atoms with Crippen LogP contribution in [0.15, 0.2) is 96.5 Å². The van der Waals surface area contributed by atoms with Gasteiger partial charge in [-0.1, -0.05) is 48.2 Å². The second-order valence-corrected chi connectivity index (χ2v) is 8.39. The third kappa shape index (κ3) is 3.41. The maximum Gasteiger partial charge on any atom is 0.344 e. The van der Waals surface area contributed by atoms with Crippen molar-refractivity contribution in [1.82, 2.24) is 15.0 Å². The van der Waals surface area contributed by atoms with Crippen molar-refractivity contribution in [1.29, 1.82) is 0 Å². The molecule has 0 saturated heterocycles. The average Bonchev–Trinajstić information content (AvgIpc) is 3.25. The summed E-state index contributed by atoms with van der Waals surface area (Å²) < 4.78 is 11.2. The molecular formula is C25H15N3O4S. The van der Waals surface area contributed by atoms with Crippen molar-refractivity contribution < 1.29 is 8.83 Å². The van der Waals surface area contributed by atoms with Crippen molar-refractivity contribution >= 4 is 44.9 Å². The maximum absolute atomic E-state index is 13.0. The second kappa shape index (κ2) is 7.75. The van der Waals surface area contributed by atoms with Crippen LogP contribution in [0.2, 0.25) is 0 Å². The highest BCUT2D eigenvalue weighted by atomic mass is 32.2. The molecule has 0 spiro atoms. The maximum atomic E-state index is 13.0. The minimum atomic E-state index is -0.511. The molecule has 33 heavy (non-hydrogen) atoms. The number of nitrogens with zero attached hydrogens (tertiary/aromatic N) is 2. The van der Waals surface area contributed by atoms with Crippen LogP contribution < -0.4 is 11.3 Å². The lowest BCUT2D eigenvalue weighted by Crippen LogP contribution is -2.13. The number of aromatic amines is 1. The van der Waals surface area contributed by atoms with E-state index in [1.807, 2.05) is 42.5 Å². The van der Waals surface area contributed by atoms with Gasteiger partial charge in [0.1, 0.15) is 11.2 Å². The van der Waals surface area contributed by atoms with Crippen molar-refractivity contribution in [3.63, 3.8) is 0 Å². The Morgan fingerprint density at radius 2 is 1.67 bits per heavy atom. The summed E-state index contributed by atoms with van der Waals surface area (Å²) in [6.45, 7) is 0. The summed E-state index contributed by atoms with van der Waals surface area (Å²) >= 11 is 1.34. The molecule has 2 aromatic carbocycles. The number of hydrogen-bond acceptors (Lipinski definition) is 7. The monoisotopic (exact) mass is 453 g/mol. The Hall–Kier alpha value is -4.17. The quantitative estimate of drug-likeness (QED) is 0.292. The van der Waals surface area contributed by atoms with Gasteiger partial charge in [0.05, 0.1) is 16.6 Å². The molecule has 0 aliphatic rings. The first kappa shape index (κ1) is 19.5. The molecule has 1 N–H and O–H groups in total. The van der Waals surface area contributed by atoms with Gasteiger partial charge in [-0.15, -0.1) is 0 Å². The van der Waals surface area contributed by atoms with Crippen molar-refractivity contribution in [2.24, 2.45) is 0 Å². The number of aromatic nitrogens is 3. The molecular weight excluding hydrogens is 438 g/mol. The predicted molar refractivity (Wildman–Crippen MR) is 127 cm³/mol. The predicted octanol–water partition coefficient (Wildman–Crippen LogP) is 5.13. The fourth-order valence-corrected chi connectivity index (χ4v) is 4.77. The standard InChI is InChI=1S/C25H15N3O4S/c29-23-16(12-14-6-1-3-9-19(14)31-23)21-15-7-2-4-10-20(15)32-24(30)17(21)13-33-25-27-18-8-5-11-26-22(18)28-25/h1-12H,13H2,(H,26,27,28). The van der Waals surface area contributed by atoms with E-state index in [0.717, 1.165) is 10.9 Å². The molecule has 0 fully saturated rings. The number of benzene rings is 2. The summed E-state index contributed by atoms with van der Waals surface area (Å²) in [7, 11) is 0. The van der Waals surface area contributed by atoms with Gasteiger partial charge in [0.25, 0.3) is 0 Å². The third-order valence-corrected chi connectivity index (χ3v) is 6.31. The van der Waals surface area contributed by atoms with Crippen LogP contribution in [0.25, 0.3) is 44.2 Å². The zero-order valence-corrected chi connectivity index (χ0v) is 17.9. The molecule has 6 rings (SSSR count). The summed E-state index contributed by atoms with van der Waals surface area (Å²) in [5.74, 6) is 0.245. The van der Waals surface area contributed by atoms with Crippen LogP contribution in [0.3, 0.4) is 0 Å². The summed E-state index contributed by atoms with van der Waals surface area (Å²) in [5.41, 5.74) is 2.50. The molecule has 160 valence electrons. The fraction of sp³-hybridized carbons (Fsp3) is 0.0400. The smallest absolute Gasteiger partial charge is 0.344 e. The molecule has 0 aliphatic heterocycles. The van der Waals surface area contributed by atoms with Gasteiger partial charge in [-0.3, -0.25) is 0 Å². The zero-order valence-electron chi connectivity index (χ0n) is 17.1. The lowest BCUT2D eigenvalue weighted by Gasteiger charge is -2.11. The van der Waals surface area contributed by atoms with E-state index in [-0.39, 0.29) is 5.75 Å². The van der Waals surface area contributed by atoms with Gasteiger partial charge >= 0.3 is 11.3 Å². The van der Waals surface area contributed by atoms with Crippen LogP contribution >= 0.6 is 11.8 Å². The number of para-hydroxylation sites is 2. The minimum Gasteiger partial charge on any atom is -0.422 e. The average molecular weight is 453 g/mol. The number of imidazole rings is 1. The number of thioether (sulfide) groups is 1. The second-order valence-electron chi connectivity index (χ2n) is 7.43. The molecule has 0 amide bonds. The van der Waals surface area contributed by atoms with Gasteiger partial charge in [0.2, 0.25) is 0 Å². The molecule has 7 nitrogen and oxygen atoms in total. The van der Waals surface area contributed by atoms with Crippen LogP contribution in [-0.4, -0.2) is 15.0 Å². The van der Waals surface area contributed by atoms with E-state index < -0.39 is 11.3 Å². The van der Waals surface area contributed by atoms with Crippen molar-refractivity contribution in [2.45, 2.75) is 10.9 Å². The van der Waals surface area contributed by atoms with E-state index in [1.54, 1.807) is 30.5 Å². The fourth-order valence-electron chi connectivity index (χ4n) is 3.90. The van der Waals surface area contributed by atoms with Gasteiger partial charge in [0.15, 0.2) is 10.8 Å². The third-order valence-electron chi connectivity index (χ3n) is 5.41. The largest absolute Gasteiger partial charge is 0.422 e. The lowest BCUT2D eigenvalue weighted by molar-refractivity contribution is 0.553. The molecule has 4 heterocycles. The van der Waals surface area contributed by atoms with Gasteiger partial charge in [-0.25, -0.2) is 19.6 Å². The molecule has 4 aromatic heterocycles. The lowest BCUT2D eigenvalue weighted by atomic mass is 9.98. The first-order chi connectivity index (χ1) is 16.2. The van der Waals surface area contributed by atoms with Crippen molar-refractivity contribution in [3.05, 3.63) is 99.3 Å². The first-order valence-corrected chi connectivity index (χ1v) is 11.2. The van der Waals surface area contributed by atoms with Crippen LogP contribution in [0.5, 0.6) is 0 Å². The van der Waals surface area contributed by atoms with E-state index in [0.29, 0.717) is 44.0 Å². The summed E-state index contributed by atoms with van der Waals surface area (Å²) in [6, 6.07) is 19.9. The number of hydrogen-bond donors (Lipinski definition) is 1. The van der Waals surface area contributed by atoms with Crippen molar-refractivity contribution in [3.8, 4) is 11.1 Å². The van der Waals surface area contributed by atoms with Crippen molar-refractivity contribution in [2.75, 3.05) is 0 Å². The summed E-state index contributed by atoms with van der Waals surface area (Å²) in [4.78, 5) is 37.9. The van der Waals surface area contributed by atoms with Gasteiger partial charge in [-0.05, 0) is 30.3 Å².